The zero-order valence-corrected chi connectivity index (χ0v) is 14.5. The molecule has 0 unspecified atom stereocenters. The van der Waals surface area contributed by atoms with Gasteiger partial charge in [0.1, 0.15) is 0 Å². The molecule has 0 N–H and O–H groups in total. The molecular weight excluding hydrogens is 354 g/mol. The fourth-order valence-electron chi connectivity index (χ4n) is 2.73. The average Bonchev–Trinajstić information content (AvgIpc) is 2.48. The number of benzene rings is 1. The second-order valence-electron chi connectivity index (χ2n) is 5.29. The highest BCUT2D eigenvalue weighted by atomic mass is 79.9. The van der Waals surface area contributed by atoms with Crippen LogP contribution in [0.1, 0.15) is 45.4 Å². The second kappa shape index (κ2) is 6.92. The number of halogens is 1. The molecule has 1 aliphatic rings. The Bertz CT molecular complexity index is 592. The summed E-state index contributed by atoms with van der Waals surface area (Å²) in [6, 6.07) is 6.25. The minimum Gasteiger partial charge on any atom is -0.274 e. The predicted octanol–water partition coefficient (Wildman–Crippen LogP) is 3.71. The Morgan fingerprint density at radius 1 is 1.19 bits per heavy atom. The van der Waals surface area contributed by atoms with Crippen molar-refractivity contribution in [3.8, 4) is 0 Å². The lowest BCUT2D eigenvalue weighted by molar-refractivity contribution is -0.128. The normalized spacial score (nSPS) is 16.7. The highest BCUT2D eigenvalue weighted by molar-refractivity contribution is 9.10. The number of amides is 1. The predicted molar refractivity (Wildman–Crippen MR) is 85.3 cm³/mol. The topological polar surface area (TPSA) is 54.5 Å². The lowest BCUT2D eigenvalue weighted by Gasteiger charge is -2.33. The second-order valence-corrected chi connectivity index (χ2v) is 8.02. The quantitative estimate of drug-likeness (QED) is 0.807. The third-order valence-electron chi connectivity index (χ3n) is 3.83. The van der Waals surface area contributed by atoms with Crippen molar-refractivity contribution in [3.63, 3.8) is 0 Å². The maximum atomic E-state index is 12.8. The van der Waals surface area contributed by atoms with Crippen LogP contribution in [0.25, 0.3) is 0 Å². The van der Waals surface area contributed by atoms with E-state index in [9.17, 15) is 13.2 Å². The highest BCUT2D eigenvalue weighted by Crippen LogP contribution is 2.29. The largest absolute Gasteiger partial charge is 0.274 e. The van der Waals surface area contributed by atoms with Crippen LogP contribution in [0.4, 0.5) is 0 Å². The van der Waals surface area contributed by atoms with E-state index < -0.39 is 10.0 Å². The molecule has 0 saturated heterocycles. The Labute approximate surface area is 134 Å². The van der Waals surface area contributed by atoms with Gasteiger partial charge in [0, 0.05) is 16.9 Å². The molecule has 1 aliphatic carbocycles. The summed E-state index contributed by atoms with van der Waals surface area (Å²) < 4.78 is 27.6. The van der Waals surface area contributed by atoms with Crippen LogP contribution in [0.2, 0.25) is 0 Å². The minimum atomic E-state index is -3.77. The van der Waals surface area contributed by atoms with E-state index in [-0.39, 0.29) is 23.3 Å². The van der Waals surface area contributed by atoms with Crippen LogP contribution in [0, 0.1) is 0 Å². The van der Waals surface area contributed by atoms with E-state index in [0.717, 1.165) is 40.9 Å². The van der Waals surface area contributed by atoms with Crippen LogP contribution in [0.15, 0.2) is 33.6 Å². The first kappa shape index (κ1) is 16.5. The molecule has 0 radical (unpaired) electrons. The van der Waals surface area contributed by atoms with E-state index in [1.807, 2.05) is 0 Å². The summed E-state index contributed by atoms with van der Waals surface area (Å²) in [6.07, 6.45) is 4.81. The fourth-order valence-corrected chi connectivity index (χ4v) is 4.70. The molecule has 2 rings (SSSR count). The molecule has 0 heterocycles. The Balaban J connectivity index is 2.38. The maximum Gasteiger partial charge on any atom is 0.266 e. The van der Waals surface area contributed by atoms with Crippen molar-refractivity contribution in [1.29, 1.82) is 0 Å². The van der Waals surface area contributed by atoms with E-state index in [2.05, 4.69) is 15.9 Å². The van der Waals surface area contributed by atoms with E-state index in [0.29, 0.717) is 0 Å². The minimum absolute atomic E-state index is 0.179. The van der Waals surface area contributed by atoms with Crippen LogP contribution in [0.3, 0.4) is 0 Å². The van der Waals surface area contributed by atoms with Crippen LogP contribution in [0.5, 0.6) is 0 Å². The lowest BCUT2D eigenvalue weighted by atomic mass is 9.95. The molecule has 1 aromatic carbocycles. The number of rotatable bonds is 4. The van der Waals surface area contributed by atoms with Crippen LogP contribution < -0.4 is 0 Å². The van der Waals surface area contributed by atoms with Crippen molar-refractivity contribution in [1.82, 2.24) is 4.31 Å². The zero-order chi connectivity index (χ0) is 15.5. The number of nitrogens with zero attached hydrogens (tertiary/aromatic N) is 1. The third kappa shape index (κ3) is 3.66. The number of hydrogen-bond donors (Lipinski definition) is 0. The van der Waals surface area contributed by atoms with Gasteiger partial charge in [0.25, 0.3) is 10.0 Å². The van der Waals surface area contributed by atoms with Gasteiger partial charge in [-0.2, -0.15) is 0 Å². The molecule has 1 aromatic rings. The monoisotopic (exact) mass is 373 g/mol. The van der Waals surface area contributed by atoms with Crippen molar-refractivity contribution >= 4 is 31.9 Å². The third-order valence-corrected chi connectivity index (χ3v) is 6.24. The lowest BCUT2D eigenvalue weighted by Crippen LogP contribution is -2.45. The Hall–Kier alpha value is -0.880. The SMILES string of the molecule is CCC(=O)N(C1CCCCC1)S(=O)(=O)c1ccc(Br)cc1. The highest BCUT2D eigenvalue weighted by Gasteiger charge is 2.35. The van der Waals surface area contributed by atoms with Gasteiger partial charge in [-0.05, 0) is 37.1 Å². The van der Waals surface area contributed by atoms with Gasteiger partial charge in [0.2, 0.25) is 5.91 Å². The molecule has 1 fully saturated rings. The van der Waals surface area contributed by atoms with Crippen LogP contribution >= 0.6 is 15.9 Å². The molecule has 0 aromatic heterocycles. The molecule has 6 heteroatoms. The Morgan fingerprint density at radius 3 is 2.29 bits per heavy atom. The summed E-state index contributed by atoms with van der Waals surface area (Å²) >= 11 is 3.29. The van der Waals surface area contributed by atoms with Gasteiger partial charge in [0.05, 0.1) is 4.90 Å². The number of sulfonamides is 1. The fraction of sp³-hybridized carbons (Fsp3) is 0.533. The summed E-state index contributed by atoms with van der Waals surface area (Å²) in [5.41, 5.74) is 0. The van der Waals surface area contributed by atoms with Crippen molar-refractivity contribution in [3.05, 3.63) is 28.7 Å². The van der Waals surface area contributed by atoms with Gasteiger partial charge >= 0.3 is 0 Å². The molecule has 0 aliphatic heterocycles. The number of carbonyl (C=O) groups is 1. The van der Waals surface area contributed by atoms with E-state index in [4.69, 9.17) is 0 Å². The smallest absolute Gasteiger partial charge is 0.266 e. The van der Waals surface area contributed by atoms with Gasteiger partial charge in [0.15, 0.2) is 0 Å². The molecule has 0 bridgehead atoms. The number of hydrogen-bond acceptors (Lipinski definition) is 3. The molecule has 1 amide bonds. The van der Waals surface area contributed by atoms with Crippen molar-refractivity contribution in [2.24, 2.45) is 0 Å². The van der Waals surface area contributed by atoms with Gasteiger partial charge in [-0.3, -0.25) is 4.79 Å². The standard InChI is InChI=1S/C15H20BrNO3S/c1-2-15(18)17(13-6-4-3-5-7-13)21(19,20)14-10-8-12(16)9-11-14/h8-11,13H,2-7H2,1H3. The molecule has 0 atom stereocenters. The summed E-state index contributed by atoms with van der Waals surface area (Å²) in [4.78, 5) is 12.4. The summed E-state index contributed by atoms with van der Waals surface area (Å²) in [5, 5.41) is 0. The van der Waals surface area contributed by atoms with Gasteiger partial charge in [-0.25, -0.2) is 12.7 Å². The first-order valence-electron chi connectivity index (χ1n) is 7.29. The Kier molecular flexibility index (Phi) is 5.43. The summed E-state index contributed by atoms with van der Waals surface area (Å²) in [6.45, 7) is 1.70. The molecule has 1 saturated carbocycles. The van der Waals surface area contributed by atoms with Crippen molar-refractivity contribution in [2.75, 3.05) is 0 Å². The van der Waals surface area contributed by atoms with E-state index in [1.165, 1.54) is 12.1 Å². The Morgan fingerprint density at radius 2 is 1.76 bits per heavy atom. The molecule has 21 heavy (non-hydrogen) atoms. The first-order valence-corrected chi connectivity index (χ1v) is 9.53. The summed E-state index contributed by atoms with van der Waals surface area (Å²) in [7, 11) is -3.77. The summed E-state index contributed by atoms with van der Waals surface area (Å²) in [5.74, 6) is -0.315. The van der Waals surface area contributed by atoms with Crippen LogP contribution in [-0.4, -0.2) is 24.7 Å². The van der Waals surface area contributed by atoms with Crippen molar-refractivity contribution in [2.45, 2.75) is 56.4 Å². The van der Waals surface area contributed by atoms with E-state index >= 15 is 0 Å². The van der Waals surface area contributed by atoms with E-state index in [1.54, 1.807) is 19.1 Å². The van der Waals surface area contributed by atoms with Crippen molar-refractivity contribution < 1.29 is 13.2 Å². The molecule has 116 valence electrons. The van der Waals surface area contributed by atoms with Gasteiger partial charge < -0.3 is 0 Å². The average molecular weight is 374 g/mol. The molecule has 4 nitrogen and oxygen atoms in total. The van der Waals surface area contributed by atoms with Crippen LogP contribution in [-0.2, 0) is 14.8 Å². The molecular formula is C15H20BrNO3S. The first-order chi connectivity index (χ1) is 9.96. The van der Waals surface area contributed by atoms with Gasteiger partial charge in [-0.1, -0.05) is 42.1 Å². The maximum absolute atomic E-state index is 12.8. The number of carbonyl (C=O) groups excluding carboxylic acids is 1. The van der Waals surface area contributed by atoms with Gasteiger partial charge in [-0.15, -0.1) is 0 Å². The molecule has 0 spiro atoms. The zero-order valence-electron chi connectivity index (χ0n) is 12.1.